The van der Waals surface area contributed by atoms with Gasteiger partial charge in [0.1, 0.15) is 0 Å². The molecule has 0 aliphatic heterocycles. The second-order valence-electron chi connectivity index (χ2n) is 11.0. The van der Waals surface area contributed by atoms with Gasteiger partial charge in [0, 0.05) is 24.7 Å². The van der Waals surface area contributed by atoms with E-state index in [2.05, 4.69) is 9.47 Å². The van der Waals surface area contributed by atoms with Crippen molar-refractivity contribution in [2.45, 2.75) is 115 Å². The molecule has 0 aliphatic carbocycles. The lowest BCUT2D eigenvalue weighted by Gasteiger charge is -2.39. The Hall–Kier alpha value is -3.01. The van der Waals surface area contributed by atoms with Crippen molar-refractivity contribution in [2.75, 3.05) is 6.61 Å². The molecule has 0 fully saturated rings. The smallest absolute Gasteiger partial charge is 0.435 e. The maximum Gasteiger partial charge on any atom is 0.442 e. The maximum atomic E-state index is 13.6. The number of esters is 1. The molecule has 4 nitrogen and oxygen atoms in total. The second kappa shape index (κ2) is 16.1. The van der Waals surface area contributed by atoms with Crippen molar-refractivity contribution in [3.05, 3.63) is 70.8 Å². The first-order valence-electron chi connectivity index (χ1n) is 14.7. The molecule has 16 heteroatoms. The van der Waals surface area contributed by atoms with Crippen LogP contribution in [-0.2, 0) is 30.2 Å². The Morgan fingerprint density at radius 2 is 0.896 bits per heavy atom. The fraction of sp³-hybridized carbons (Fsp3) is 0.594. The molecular formula is C32H38F12O4. The van der Waals surface area contributed by atoms with Gasteiger partial charge in [-0.2, -0.15) is 52.7 Å². The number of ether oxygens (including phenoxy) is 3. The Labute approximate surface area is 270 Å². The average Bonchev–Trinajstić information content (AvgIpc) is 2.96. The van der Waals surface area contributed by atoms with Gasteiger partial charge in [-0.1, -0.05) is 76.2 Å². The third kappa shape index (κ3) is 9.36. The molecule has 0 spiro atoms. The highest BCUT2D eigenvalue weighted by atomic mass is 19.4. The van der Waals surface area contributed by atoms with Gasteiger partial charge in [-0.3, -0.25) is 4.79 Å². The van der Waals surface area contributed by atoms with Crippen LogP contribution in [0.2, 0.25) is 0 Å². The van der Waals surface area contributed by atoms with E-state index in [9.17, 15) is 57.5 Å². The van der Waals surface area contributed by atoms with E-state index in [0.29, 0.717) is 43.0 Å². The zero-order valence-electron chi connectivity index (χ0n) is 27.1. The van der Waals surface area contributed by atoms with Crippen molar-refractivity contribution >= 4 is 5.97 Å². The summed E-state index contributed by atoms with van der Waals surface area (Å²) < 4.78 is 174. The van der Waals surface area contributed by atoms with Crippen LogP contribution < -0.4 is 0 Å². The van der Waals surface area contributed by atoms with Crippen LogP contribution in [0.15, 0.2) is 48.5 Å². The van der Waals surface area contributed by atoms with E-state index in [-0.39, 0.29) is 18.4 Å². The van der Waals surface area contributed by atoms with Gasteiger partial charge < -0.3 is 14.2 Å². The van der Waals surface area contributed by atoms with E-state index in [1.807, 2.05) is 20.8 Å². The van der Waals surface area contributed by atoms with Gasteiger partial charge in [-0.15, -0.1) is 0 Å². The highest BCUT2D eigenvalue weighted by molar-refractivity contribution is 5.67. The van der Waals surface area contributed by atoms with E-state index in [1.54, 1.807) is 6.92 Å². The molecule has 0 amide bonds. The summed E-state index contributed by atoms with van der Waals surface area (Å²) in [4.78, 5) is 10.9. The first kappa shape index (κ1) is 43.0. The van der Waals surface area contributed by atoms with Crippen LogP contribution in [0, 0.1) is 0 Å². The maximum absolute atomic E-state index is 13.6. The lowest BCUT2D eigenvalue weighted by molar-refractivity contribution is -0.415. The highest BCUT2D eigenvalue weighted by Gasteiger charge is 2.75. The van der Waals surface area contributed by atoms with E-state index >= 15 is 0 Å². The minimum Gasteiger partial charge on any atom is -0.435 e. The standard InChI is InChI=1S/C17H22F6O2.C15H16F6O2/c1-5-11(3)13-7-9-14(10-8-13)15(16(18,19)20,17(21,22)23)25-12(4)24-6-2;1-4-9(2)11-5-7-12(8-6-11)13(14(16,17)18,15(19,20)21)23-10(3)22/h7-12H,5-6H2,1-4H3;5-9H,4H2,1-3H3. The number of rotatable bonds is 11. The van der Waals surface area contributed by atoms with Crippen molar-refractivity contribution in [3.8, 4) is 0 Å². The van der Waals surface area contributed by atoms with E-state index in [4.69, 9.17) is 4.74 Å². The van der Waals surface area contributed by atoms with Gasteiger partial charge in [0.2, 0.25) is 0 Å². The van der Waals surface area contributed by atoms with Crippen LogP contribution >= 0.6 is 0 Å². The number of hydrogen-bond donors (Lipinski definition) is 0. The summed E-state index contributed by atoms with van der Waals surface area (Å²) in [6.45, 7) is 10.2. The quantitative estimate of drug-likeness (QED) is 0.132. The number of benzene rings is 2. The SMILES string of the molecule is CCC(C)c1ccc(C(OC(C)=O)(C(F)(F)F)C(F)(F)F)cc1.CCOC(C)OC(c1ccc(C(C)CC)cc1)(C(F)(F)F)C(F)(F)F. The number of carbonyl (C=O) groups excluding carboxylic acids is 1. The Morgan fingerprint density at radius 1 is 0.583 bits per heavy atom. The van der Waals surface area contributed by atoms with Crippen molar-refractivity contribution in [2.24, 2.45) is 0 Å². The molecule has 0 aromatic heterocycles. The minimum absolute atomic E-state index is 0.0171. The molecular weight excluding hydrogens is 676 g/mol. The third-order valence-electron chi connectivity index (χ3n) is 7.63. The summed E-state index contributed by atoms with van der Waals surface area (Å²) in [6.07, 6.45) is -23.4. The number of hydrogen-bond acceptors (Lipinski definition) is 4. The molecule has 0 N–H and O–H groups in total. The molecule has 2 aromatic carbocycles. The normalized spacial score (nSPS) is 15.2. The van der Waals surface area contributed by atoms with E-state index in [1.165, 1.54) is 31.2 Å². The van der Waals surface area contributed by atoms with Gasteiger partial charge >= 0.3 is 36.3 Å². The predicted octanol–water partition coefficient (Wildman–Crippen LogP) is 11.0. The first-order chi connectivity index (χ1) is 21.8. The molecule has 274 valence electrons. The molecule has 3 atom stereocenters. The van der Waals surface area contributed by atoms with Crippen molar-refractivity contribution < 1.29 is 71.7 Å². The molecule has 2 aromatic rings. The van der Waals surface area contributed by atoms with Gasteiger partial charge in [-0.05, 0) is 49.7 Å². The molecule has 48 heavy (non-hydrogen) atoms. The summed E-state index contributed by atoms with van der Waals surface area (Å²) in [6, 6.07) is 7.94. The monoisotopic (exact) mass is 714 g/mol. The zero-order valence-corrected chi connectivity index (χ0v) is 27.1. The van der Waals surface area contributed by atoms with Crippen LogP contribution in [0.25, 0.3) is 0 Å². The van der Waals surface area contributed by atoms with Crippen LogP contribution in [-0.4, -0.2) is 43.6 Å². The lowest BCUT2D eigenvalue weighted by Crippen LogP contribution is -2.57. The molecule has 0 heterocycles. The third-order valence-corrected chi connectivity index (χ3v) is 7.63. The topological polar surface area (TPSA) is 44.8 Å². The number of halogens is 12. The summed E-state index contributed by atoms with van der Waals surface area (Å²) in [5, 5.41) is 0. The van der Waals surface area contributed by atoms with Crippen LogP contribution in [0.5, 0.6) is 0 Å². The summed E-state index contributed by atoms with van der Waals surface area (Å²) >= 11 is 0. The number of alkyl halides is 12. The predicted molar refractivity (Wildman–Crippen MR) is 152 cm³/mol. The largest absolute Gasteiger partial charge is 0.442 e. The summed E-state index contributed by atoms with van der Waals surface area (Å²) in [5.41, 5.74) is -10.1. The fourth-order valence-corrected chi connectivity index (χ4v) is 4.65. The highest BCUT2D eigenvalue weighted by Crippen LogP contribution is 2.54. The Balaban J connectivity index is 0.000000482. The lowest BCUT2D eigenvalue weighted by atomic mass is 9.89. The van der Waals surface area contributed by atoms with E-state index in [0.717, 1.165) is 19.1 Å². The molecule has 0 bridgehead atoms. The van der Waals surface area contributed by atoms with Crippen molar-refractivity contribution in [3.63, 3.8) is 0 Å². The molecule has 0 radical (unpaired) electrons. The van der Waals surface area contributed by atoms with Gasteiger partial charge in [0.15, 0.2) is 6.29 Å². The van der Waals surface area contributed by atoms with Gasteiger partial charge in [0.05, 0.1) is 0 Å². The molecule has 2 rings (SSSR count). The van der Waals surface area contributed by atoms with Crippen LogP contribution in [0.4, 0.5) is 52.7 Å². The molecule has 0 aliphatic rings. The fourth-order valence-electron chi connectivity index (χ4n) is 4.65. The molecule has 3 unspecified atom stereocenters. The zero-order chi connectivity index (χ0) is 37.5. The Bertz CT molecular complexity index is 1250. The minimum atomic E-state index is -5.85. The molecule has 0 saturated carbocycles. The Kier molecular flexibility index (Phi) is 14.5. The van der Waals surface area contributed by atoms with Gasteiger partial charge in [-0.25, -0.2) is 0 Å². The number of carbonyl (C=O) groups is 1. The van der Waals surface area contributed by atoms with E-state index < -0.39 is 59.3 Å². The summed E-state index contributed by atoms with van der Waals surface area (Å²) in [7, 11) is 0. The van der Waals surface area contributed by atoms with Gasteiger partial charge in [0.25, 0.3) is 5.60 Å². The first-order valence-corrected chi connectivity index (χ1v) is 14.7. The summed E-state index contributed by atoms with van der Waals surface area (Å²) in [5.74, 6) is -1.68. The average molecular weight is 715 g/mol. The van der Waals surface area contributed by atoms with Crippen LogP contribution in [0.1, 0.15) is 95.4 Å². The van der Waals surface area contributed by atoms with Crippen molar-refractivity contribution in [1.82, 2.24) is 0 Å². The van der Waals surface area contributed by atoms with Crippen LogP contribution in [0.3, 0.4) is 0 Å². The second-order valence-corrected chi connectivity index (χ2v) is 11.0. The Morgan fingerprint density at radius 3 is 1.15 bits per heavy atom. The van der Waals surface area contributed by atoms with Crippen molar-refractivity contribution in [1.29, 1.82) is 0 Å². The molecule has 0 saturated heterocycles.